The number of amides is 1. The summed E-state index contributed by atoms with van der Waals surface area (Å²) < 4.78 is 27.0. The minimum atomic E-state index is -3.48. The number of piperidine rings is 1. The van der Waals surface area contributed by atoms with E-state index in [1.165, 1.54) is 22.3 Å². The maximum atomic E-state index is 12.7. The Morgan fingerprint density at radius 3 is 2.41 bits per heavy atom. The van der Waals surface area contributed by atoms with Crippen LogP contribution in [-0.4, -0.2) is 73.5 Å². The van der Waals surface area contributed by atoms with Crippen molar-refractivity contribution < 1.29 is 13.2 Å². The van der Waals surface area contributed by atoms with Gasteiger partial charge < -0.3 is 9.80 Å². The molecule has 2 saturated heterocycles. The fourth-order valence-electron chi connectivity index (χ4n) is 3.97. The van der Waals surface area contributed by atoms with Crippen LogP contribution in [0.3, 0.4) is 0 Å². The van der Waals surface area contributed by atoms with E-state index in [0.29, 0.717) is 36.2 Å². The topological polar surface area (TPSA) is 73.8 Å². The van der Waals surface area contributed by atoms with E-state index in [-0.39, 0.29) is 16.6 Å². The Kier molecular flexibility index (Phi) is 7.60. The van der Waals surface area contributed by atoms with Crippen molar-refractivity contribution in [3.05, 3.63) is 47.6 Å². The van der Waals surface area contributed by atoms with E-state index >= 15 is 0 Å². The molecule has 172 valence electrons. The lowest BCUT2D eigenvalue weighted by atomic mass is 10.2. The predicted octanol–water partition coefficient (Wildman–Crippen LogP) is 3.35. The second-order valence-electron chi connectivity index (χ2n) is 7.93. The van der Waals surface area contributed by atoms with Crippen molar-refractivity contribution in [3.8, 4) is 0 Å². The molecule has 0 saturated carbocycles. The normalized spacial score (nSPS) is 18.0. The maximum Gasteiger partial charge on any atom is 0.244 e. The Bertz CT molecular complexity index is 1040. The molecule has 0 atom stereocenters. The van der Waals surface area contributed by atoms with Crippen LogP contribution in [0.25, 0.3) is 0 Å². The maximum absolute atomic E-state index is 12.7. The van der Waals surface area contributed by atoms with Gasteiger partial charge in [0.1, 0.15) is 4.90 Å². The van der Waals surface area contributed by atoms with Crippen LogP contribution >= 0.6 is 23.4 Å². The summed E-state index contributed by atoms with van der Waals surface area (Å²) in [4.78, 5) is 21.2. The van der Waals surface area contributed by atoms with Crippen LogP contribution in [-0.2, 0) is 14.8 Å². The fourth-order valence-corrected chi connectivity index (χ4v) is 6.37. The number of rotatable bonds is 6. The Labute approximate surface area is 198 Å². The third-order valence-corrected chi connectivity index (χ3v) is 8.86. The van der Waals surface area contributed by atoms with Crippen LogP contribution in [0.1, 0.15) is 19.3 Å². The predicted molar refractivity (Wildman–Crippen MR) is 128 cm³/mol. The molecule has 0 aliphatic carbocycles. The summed E-state index contributed by atoms with van der Waals surface area (Å²) in [6.07, 6.45) is 4.27. The van der Waals surface area contributed by atoms with Gasteiger partial charge in [0.15, 0.2) is 0 Å². The van der Waals surface area contributed by atoms with E-state index in [4.69, 9.17) is 11.6 Å². The average Bonchev–Trinajstić information content (AvgIpc) is 2.83. The molecule has 4 rings (SSSR count). The summed E-state index contributed by atoms with van der Waals surface area (Å²) >= 11 is 7.42. The molecule has 1 amide bonds. The summed E-state index contributed by atoms with van der Waals surface area (Å²) in [5.74, 6) is 0.343. The van der Waals surface area contributed by atoms with Gasteiger partial charge in [-0.2, -0.15) is 4.31 Å². The summed E-state index contributed by atoms with van der Waals surface area (Å²) in [7, 11) is -3.48. The molecular weight excluding hydrogens is 468 g/mol. The summed E-state index contributed by atoms with van der Waals surface area (Å²) in [5, 5.41) is 1.35. The summed E-state index contributed by atoms with van der Waals surface area (Å²) in [5.41, 5.74) is 1.07. The number of nitrogens with zero attached hydrogens (tertiary/aromatic N) is 4. The number of piperazine rings is 1. The van der Waals surface area contributed by atoms with E-state index in [2.05, 4.69) is 9.88 Å². The molecule has 0 spiro atoms. The summed E-state index contributed by atoms with van der Waals surface area (Å²) in [6, 6.07) is 11.0. The number of carbonyl (C=O) groups is 1. The highest BCUT2D eigenvalue weighted by molar-refractivity contribution is 7.99. The van der Waals surface area contributed by atoms with Crippen molar-refractivity contribution in [2.24, 2.45) is 0 Å². The minimum Gasteiger partial charge on any atom is -0.368 e. The van der Waals surface area contributed by atoms with Crippen molar-refractivity contribution in [3.63, 3.8) is 0 Å². The van der Waals surface area contributed by atoms with Gasteiger partial charge >= 0.3 is 0 Å². The van der Waals surface area contributed by atoms with Crippen LogP contribution in [0.15, 0.2) is 52.5 Å². The number of carbonyl (C=O) groups excluding carboxylic acids is 1. The Morgan fingerprint density at radius 2 is 1.75 bits per heavy atom. The molecule has 10 heteroatoms. The Balaban J connectivity index is 1.27. The number of hydrogen-bond donors (Lipinski definition) is 0. The molecule has 1 aromatic heterocycles. The van der Waals surface area contributed by atoms with Gasteiger partial charge in [-0.3, -0.25) is 4.79 Å². The highest BCUT2D eigenvalue weighted by atomic mass is 35.5. The zero-order valence-electron chi connectivity index (χ0n) is 17.8. The van der Waals surface area contributed by atoms with Crippen molar-refractivity contribution in [1.29, 1.82) is 0 Å². The zero-order valence-corrected chi connectivity index (χ0v) is 20.2. The lowest BCUT2D eigenvalue weighted by Gasteiger charge is -2.36. The number of sulfonamides is 1. The zero-order chi connectivity index (χ0) is 22.6. The van der Waals surface area contributed by atoms with E-state index in [0.717, 1.165) is 38.0 Å². The van der Waals surface area contributed by atoms with E-state index < -0.39 is 10.0 Å². The smallest absolute Gasteiger partial charge is 0.244 e. The van der Waals surface area contributed by atoms with E-state index in [9.17, 15) is 13.2 Å². The third-order valence-electron chi connectivity index (χ3n) is 5.81. The van der Waals surface area contributed by atoms with Gasteiger partial charge in [-0.1, -0.05) is 35.9 Å². The highest BCUT2D eigenvalue weighted by Gasteiger charge is 2.26. The monoisotopic (exact) mass is 494 g/mol. The van der Waals surface area contributed by atoms with Gasteiger partial charge in [0, 0.05) is 56.2 Å². The van der Waals surface area contributed by atoms with Gasteiger partial charge in [0.25, 0.3) is 0 Å². The fraction of sp³-hybridized carbons (Fsp3) is 0.455. The van der Waals surface area contributed by atoms with E-state index in [1.54, 1.807) is 12.1 Å². The lowest BCUT2D eigenvalue weighted by Crippen LogP contribution is -2.49. The average molecular weight is 495 g/mol. The van der Waals surface area contributed by atoms with Crippen molar-refractivity contribution in [1.82, 2.24) is 14.2 Å². The van der Waals surface area contributed by atoms with Gasteiger partial charge in [-0.05, 0) is 43.2 Å². The Hall–Kier alpha value is -1.81. The van der Waals surface area contributed by atoms with Crippen LogP contribution in [0, 0.1) is 0 Å². The molecule has 1 aromatic carbocycles. The van der Waals surface area contributed by atoms with Gasteiger partial charge in [-0.25, -0.2) is 13.4 Å². The largest absolute Gasteiger partial charge is 0.368 e. The molecule has 0 unspecified atom stereocenters. The molecule has 7 nitrogen and oxygen atoms in total. The minimum absolute atomic E-state index is 0.0626. The first-order valence-electron chi connectivity index (χ1n) is 10.8. The van der Waals surface area contributed by atoms with Gasteiger partial charge in [-0.15, -0.1) is 0 Å². The first kappa shape index (κ1) is 23.4. The molecule has 2 aliphatic rings. The van der Waals surface area contributed by atoms with Crippen molar-refractivity contribution in [2.75, 3.05) is 49.9 Å². The number of hydrogen-bond acceptors (Lipinski definition) is 6. The molecule has 2 fully saturated rings. The number of halogens is 1. The summed E-state index contributed by atoms with van der Waals surface area (Å²) in [6.45, 7) is 3.98. The number of aromatic nitrogens is 1. The molecule has 2 aromatic rings. The standard InChI is InChI=1S/C22H27ClN4O3S2/c23-18-5-4-6-19(15-18)25-11-13-26(14-12-25)22(28)17-31-21-8-7-20(16-24-21)32(29,30)27-9-2-1-3-10-27/h4-8,15-16H,1-3,9-14,17H2. The molecule has 32 heavy (non-hydrogen) atoms. The van der Waals surface area contributed by atoms with Gasteiger partial charge in [0.2, 0.25) is 15.9 Å². The lowest BCUT2D eigenvalue weighted by molar-refractivity contribution is -0.128. The number of pyridine rings is 1. The van der Waals surface area contributed by atoms with Crippen molar-refractivity contribution >= 4 is 45.0 Å². The van der Waals surface area contributed by atoms with E-state index in [1.807, 2.05) is 29.2 Å². The molecule has 2 aliphatic heterocycles. The van der Waals surface area contributed by atoms with Crippen LogP contribution in [0.5, 0.6) is 0 Å². The highest BCUT2D eigenvalue weighted by Crippen LogP contribution is 2.24. The van der Waals surface area contributed by atoms with Crippen molar-refractivity contribution in [2.45, 2.75) is 29.2 Å². The quantitative estimate of drug-likeness (QED) is 0.573. The van der Waals surface area contributed by atoms with Gasteiger partial charge in [0.05, 0.1) is 10.8 Å². The SMILES string of the molecule is O=C(CSc1ccc(S(=O)(=O)N2CCCCC2)cn1)N1CCN(c2cccc(Cl)c2)CC1. The molecular formula is C22H27ClN4O3S2. The first-order chi connectivity index (χ1) is 15.4. The molecule has 0 radical (unpaired) electrons. The number of thioether (sulfide) groups is 1. The molecule has 3 heterocycles. The second-order valence-corrected chi connectivity index (χ2v) is 11.3. The number of anilines is 1. The molecule has 0 N–H and O–H groups in total. The van der Waals surface area contributed by atoms with Crippen LogP contribution in [0.4, 0.5) is 5.69 Å². The molecule has 0 bridgehead atoms. The Morgan fingerprint density at radius 1 is 1.00 bits per heavy atom. The first-order valence-corrected chi connectivity index (χ1v) is 13.6. The van der Waals surface area contributed by atoms with Crippen LogP contribution < -0.4 is 4.90 Å². The van der Waals surface area contributed by atoms with Crippen LogP contribution in [0.2, 0.25) is 5.02 Å². The third kappa shape index (κ3) is 5.57. The number of benzene rings is 1. The second kappa shape index (κ2) is 10.4.